The van der Waals surface area contributed by atoms with Gasteiger partial charge >= 0.3 is 0 Å². The summed E-state index contributed by atoms with van der Waals surface area (Å²) in [5.41, 5.74) is 0.294. The first-order valence-electron chi connectivity index (χ1n) is 17.4. The van der Waals surface area contributed by atoms with Gasteiger partial charge in [0, 0.05) is 41.9 Å². The van der Waals surface area contributed by atoms with E-state index >= 15 is 0 Å². The molecule has 0 spiro atoms. The van der Waals surface area contributed by atoms with Crippen LogP contribution in [0.3, 0.4) is 0 Å². The summed E-state index contributed by atoms with van der Waals surface area (Å²) in [7, 11) is -6.87. The van der Waals surface area contributed by atoms with Gasteiger partial charge in [-0.05, 0) is 89.1 Å². The molecule has 6 rings (SSSR count). The van der Waals surface area contributed by atoms with Gasteiger partial charge in [0.25, 0.3) is 5.56 Å². The van der Waals surface area contributed by atoms with Crippen LogP contribution >= 0.6 is 27.5 Å². The lowest BCUT2D eigenvalue weighted by molar-refractivity contribution is -0.0234. The second kappa shape index (κ2) is 18.2. The topological polar surface area (TPSA) is 169 Å². The van der Waals surface area contributed by atoms with Gasteiger partial charge in [0.1, 0.15) is 26.3 Å². The second-order valence-corrected chi connectivity index (χ2v) is 18.2. The molecular weight excluding hydrogens is 853 g/mol. The molecule has 4 heterocycles. The van der Waals surface area contributed by atoms with Crippen molar-refractivity contribution in [2.75, 3.05) is 37.6 Å². The lowest BCUT2D eigenvalue weighted by Crippen LogP contribution is -2.40. The van der Waals surface area contributed by atoms with Crippen molar-refractivity contribution in [1.29, 1.82) is 0 Å². The average molecular weight is 893 g/mol. The van der Waals surface area contributed by atoms with E-state index in [-0.39, 0.29) is 45.3 Å². The molecule has 1 N–H and O–H groups in total. The van der Waals surface area contributed by atoms with E-state index in [2.05, 4.69) is 36.3 Å². The van der Waals surface area contributed by atoms with E-state index in [0.717, 1.165) is 39.2 Å². The van der Waals surface area contributed by atoms with Gasteiger partial charge in [-0.3, -0.25) is 4.79 Å². The standard InChI is InChI=1S/C24H26ClFN4O5S.C14H14BrNO3S/c1-3-16-5-7-20(36(2,32)33)19(11-16)35-21-8-6-17(12-27-21)30-23(31)22(25)18(13-29-30)28-14-24(26)9-4-10-34-15-24;1-3-10-4-6-13(20(2,17)18)12(8-10)19-14-7-5-11(15)9-16-14/h5-8,11-13,28H,3-4,9-10,14-15H2,1-2H3;4-9H,3H2,1-2H3/t24-;/m0./s1. The number of pyridine rings is 2. The molecule has 56 heavy (non-hydrogen) atoms. The number of sulfone groups is 2. The first-order chi connectivity index (χ1) is 26.5. The van der Waals surface area contributed by atoms with E-state index in [0.29, 0.717) is 43.2 Å². The summed E-state index contributed by atoms with van der Waals surface area (Å²) in [6.07, 6.45) is 9.04. The zero-order valence-corrected chi connectivity index (χ0v) is 34.9. The molecule has 5 aromatic rings. The number of halogens is 3. The van der Waals surface area contributed by atoms with Crippen LogP contribution in [0.5, 0.6) is 23.3 Å². The molecule has 1 atom stereocenters. The Morgan fingerprint density at radius 3 is 1.91 bits per heavy atom. The van der Waals surface area contributed by atoms with Crippen molar-refractivity contribution in [2.24, 2.45) is 0 Å². The minimum atomic E-state index is -3.52. The minimum absolute atomic E-state index is 0.0172. The molecule has 0 amide bonds. The van der Waals surface area contributed by atoms with Crippen molar-refractivity contribution < 1.29 is 35.4 Å². The fourth-order valence-electron chi connectivity index (χ4n) is 5.47. The van der Waals surface area contributed by atoms with Gasteiger partial charge in [-0.1, -0.05) is 37.6 Å². The molecule has 0 radical (unpaired) electrons. The van der Waals surface area contributed by atoms with Crippen LogP contribution in [0.4, 0.5) is 10.1 Å². The highest BCUT2D eigenvalue weighted by atomic mass is 79.9. The Labute approximate surface area is 338 Å². The monoisotopic (exact) mass is 891 g/mol. The molecule has 13 nitrogen and oxygen atoms in total. The van der Waals surface area contributed by atoms with Crippen LogP contribution < -0.4 is 20.3 Å². The maximum Gasteiger partial charge on any atom is 0.292 e. The quantitative estimate of drug-likeness (QED) is 0.131. The van der Waals surface area contributed by atoms with Crippen LogP contribution in [-0.4, -0.2) is 74.5 Å². The lowest BCUT2D eigenvalue weighted by atomic mass is 9.99. The number of aryl methyl sites for hydroxylation is 2. The number of nitrogens with zero attached hydrogens (tertiary/aromatic N) is 4. The Hall–Kier alpha value is -4.42. The summed E-state index contributed by atoms with van der Waals surface area (Å²) < 4.78 is 81.1. The zero-order valence-electron chi connectivity index (χ0n) is 31.0. The summed E-state index contributed by atoms with van der Waals surface area (Å²) in [6.45, 7) is 4.41. The number of nitrogens with one attached hydrogen (secondary N) is 1. The van der Waals surface area contributed by atoms with Gasteiger partial charge in [0.15, 0.2) is 25.3 Å². The van der Waals surface area contributed by atoms with Gasteiger partial charge in [0.05, 0.1) is 36.9 Å². The third-order valence-corrected chi connectivity index (χ3v) is 11.6. The first-order valence-corrected chi connectivity index (χ1v) is 22.3. The van der Waals surface area contributed by atoms with Gasteiger partial charge in [-0.25, -0.2) is 31.2 Å². The Morgan fingerprint density at radius 2 is 1.45 bits per heavy atom. The predicted octanol–water partition coefficient (Wildman–Crippen LogP) is 7.57. The molecule has 2 aromatic carbocycles. The molecule has 1 aliphatic rings. The Balaban J connectivity index is 0.000000253. The van der Waals surface area contributed by atoms with Crippen molar-refractivity contribution in [3.8, 4) is 28.9 Å². The predicted molar refractivity (Wildman–Crippen MR) is 215 cm³/mol. The van der Waals surface area contributed by atoms with Crippen LogP contribution in [0.25, 0.3) is 5.69 Å². The summed E-state index contributed by atoms with van der Waals surface area (Å²) in [5, 5.41) is 6.84. The maximum absolute atomic E-state index is 14.8. The van der Waals surface area contributed by atoms with E-state index in [9.17, 15) is 26.0 Å². The van der Waals surface area contributed by atoms with Gasteiger partial charge < -0.3 is 19.5 Å². The number of alkyl halides is 1. The fraction of sp³-hybridized carbons (Fsp3) is 0.316. The van der Waals surface area contributed by atoms with Crippen molar-refractivity contribution in [3.63, 3.8) is 0 Å². The summed E-state index contributed by atoms with van der Waals surface area (Å²) in [6, 6.07) is 16.5. The lowest BCUT2D eigenvalue weighted by Gasteiger charge is -2.29. The van der Waals surface area contributed by atoms with Crippen LogP contribution in [0.1, 0.15) is 37.8 Å². The number of hydrogen-bond acceptors (Lipinski definition) is 12. The van der Waals surface area contributed by atoms with Crippen molar-refractivity contribution in [2.45, 2.75) is 55.0 Å². The van der Waals surface area contributed by atoms with Crippen LogP contribution in [0.2, 0.25) is 5.02 Å². The average Bonchev–Trinajstić information content (AvgIpc) is 3.16. The molecule has 1 saturated heterocycles. The number of aromatic nitrogens is 4. The number of benzene rings is 2. The van der Waals surface area contributed by atoms with Crippen LogP contribution in [0, 0.1) is 0 Å². The molecule has 3 aromatic heterocycles. The highest BCUT2D eigenvalue weighted by Crippen LogP contribution is 2.31. The molecule has 0 saturated carbocycles. The summed E-state index contributed by atoms with van der Waals surface area (Å²) in [4.78, 5) is 21.3. The Bertz CT molecular complexity index is 2450. The van der Waals surface area contributed by atoms with E-state index in [4.69, 9.17) is 25.8 Å². The third kappa shape index (κ3) is 11.1. The summed E-state index contributed by atoms with van der Waals surface area (Å²) in [5.74, 6) is 0.963. The smallest absolute Gasteiger partial charge is 0.292 e. The van der Waals surface area contributed by atoms with Gasteiger partial charge in [-0.15, -0.1) is 0 Å². The molecule has 1 aliphatic heterocycles. The van der Waals surface area contributed by atoms with Crippen molar-refractivity contribution in [1.82, 2.24) is 19.7 Å². The van der Waals surface area contributed by atoms with Crippen LogP contribution in [-0.2, 0) is 37.3 Å². The van der Waals surface area contributed by atoms with E-state index in [1.165, 1.54) is 24.5 Å². The van der Waals surface area contributed by atoms with Crippen molar-refractivity contribution in [3.05, 3.63) is 110 Å². The van der Waals surface area contributed by atoms with E-state index in [1.807, 2.05) is 13.8 Å². The number of hydrogen-bond donors (Lipinski definition) is 1. The maximum atomic E-state index is 14.8. The molecule has 18 heteroatoms. The normalized spacial score (nSPS) is 15.7. The molecule has 1 fully saturated rings. The number of ether oxygens (including phenoxy) is 3. The SMILES string of the molecule is CCc1ccc(S(C)(=O)=O)c(Oc2ccc(-n3ncc(NC[C@@]4(F)CCCOC4)c(Cl)c3=O)cn2)c1.CCc1ccc(S(C)(=O)=O)c(Oc2ccc(Br)cn2)c1. The minimum Gasteiger partial charge on any atom is -0.438 e. The van der Waals surface area contributed by atoms with Crippen molar-refractivity contribution >= 4 is 52.9 Å². The first kappa shape index (κ1) is 42.7. The van der Waals surface area contributed by atoms with Gasteiger partial charge in [-0.2, -0.15) is 9.78 Å². The molecule has 0 aliphatic carbocycles. The second-order valence-electron chi connectivity index (χ2n) is 12.9. The molecular formula is C38H40BrClFN5O8S2. The zero-order chi connectivity index (χ0) is 40.7. The third-order valence-electron chi connectivity index (χ3n) is 8.52. The largest absolute Gasteiger partial charge is 0.438 e. The highest BCUT2D eigenvalue weighted by Gasteiger charge is 2.33. The Morgan fingerprint density at radius 1 is 0.875 bits per heavy atom. The van der Waals surface area contributed by atoms with Crippen LogP contribution in [0.15, 0.2) is 98.3 Å². The summed E-state index contributed by atoms with van der Waals surface area (Å²) >= 11 is 9.53. The van der Waals surface area contributed by atoms with E-state index < -0.39 is 30.9 Å². The molecule has 298 valence electrons. The Kier molecular flexibility index (Phi) is 13.9. The van der Waals surface area contributed by atoms with Gasteiger partial charge in [0.2, 0.25) is 11.8 Å². The highest BCUT2D eigenvalue weighted by molar-refractivity contribution is 9.10. The molecule has 0 unspecified atom stereocenters. The van der Waals surface area contributed by atoms with E-state index in [1.54, 1.807) is 54.7 Å². The molecule has 0 bridgehead atoms. The number of anilines is 1. The number of rotatable bonds is 12. The fourth-order valence-corrected chi connectivity index (χ4v) is 7.47.